The zero-order valence-corrected chi connectivity index (χ0v) is 13.5. The van der Waals surface area contributed by atoms with E-state index in [1.54, 1.807) is 11.3 Å². The maximum absolute atomic E-state index is 4.81. The van der Waals surface area contributed by atoms with Crippen LogP contribution in [0, 0.1) is 0 Å². The second-order valence-corrected chi connectivity index (χ2v) is 7.00. The third-order valence-electron chi connectivity index (χ3n) is 4.25. The Morgan fingerprint density at radius 1 is 1.23 bits per heavy atom. The second-order valence-electron chi connectivity index (χ2n) is 6.01. The normalized spacial score (nSPS) is 19.8. The van der Waals surface area contributed by atoms with Gasteiger partial charge in [0, 0.05) is 18.9 Å². The van der Waals surface area contributed by atoms with Crippen molar-refractivity contribution in [2.45, 2.75) is 25.2 Å². The lowest BCUT2D eigenvalue weighted by atomic mass is 9.99. The van der Waals surface area contributed by atoms with E-state index >= 15 is 0 Å². The highest BCUT2D eigenvalue weighted by Crippen LogP contribution is 2.29. The van der Waals surface area contributed by atoms with E-state index in [0.717, 1.165) is 23.8 Å². The van der Waals surface area contributed by atoms with Crippen molar-refractivity contribution >= 4 is 16.3 Å². The third-order valence-corrected chi connectivity index (χ3v) is 5.31. The van der Waals surface area contributed by atoms with Crippen LogP contribution in [0.2, 0.25) is 0 Å². The first-order chi connectivity index (χ1) is 10.8. The van der Waals surface area contributed by atoms with Crippen molar-refractivity contribution in [2.75, 3.05) is 20.1 Å². The van der Waals surface area contributed by atoms with Gasteiger partial charge in [0.25, 0.3) is 0 Å². The quantitative estimate of drug-likeness (QED) is 0.745. The van der Waals surface area contributed by atoms with E-state index < -0.39 is 0 Å². The van der Waals surface area contributed by atoms with Gasteiger partial charge in [0.2, 0.25) is 4.96 Å². The Balaban J connectivity index is 1.62. The lowest BCUT2D eigenvalue weighted by Gasteiger charge is -2.27. The van der Waals surface area contributed by atoms with Gasteiger partial charge < -0.3 is 4.90 Å². The fourth-order valence-corrected chi connectivity index (χ4v) is 4.08. The van der Waals surface area contributed by atoms with Crippen molar-refractivity contribution in [3.05, 3.63) is 46.7 Å². The van der Waals surface area contributed by atoms with E-state index in [-0.39, 0.29) is 0 Å². The van der Waals surface area contributed by atoms with Crippen molar-refractivity contribution in [1.29, 1.82) is 0 Å². The molecule has 1 aliphatic rings. The molecular formula is C16H19N5S. The van der Waals surface area contributed by atoms with Gasteiger partial charge in [0.15, 0.2) is 5.82 Å². The Kier molecular flexibility index (Phi) is 3.63. The number of hydrogen-bond donors (Lipinski definition) is 0. The smallest absolute Gasteiger partial charge is 0.234 e. The molecule has 0 amide bonds. The zero-order chi connectivity index (χ0) is 14.9. The molecule has 0 saturated carbocycles. The molecule has 5 nitrogen and oxygen atoms in total. The molecule has 1 aliphatic heterocycles. The van der Waals surface area contributed by atoms with E-state index in [2.05, 4.69) is 46.4 Å². The minimum atomic E-state index is 0.537. The molecule has 0 spiro atoms. The molecule has 22 heavy (non-hydrogen) atoms. The van der Waals surface area contributed by atoms with Crippen LogP contribution in [-0.4, -0.2) is 44.8 Å². The monoisotopic (exact) mass is 313 g/mol. The molecule has 3 aromatic rings. The fraction of sp³-hybridized carbons (Fsp3) is 0.438. The van der Waals surface area contributed by atoms with Crippen molar-refractivity contribution in [1.82, 2.24) is 24.7 Å². The van der Waals surface area contributed by atoms with Crippen LogP contribution in [0.15, 0.2) is 30.3 Å². The van der Waals surface area contributed by atoms with Crippen LogP contribution in [0.4, 0.5) is 0 Å². The summed E-state index contributed by atoms with van der Waals surface area (Å²) in [6.45, 7) is 2.29. The predicted octanol–water partition coefficient (Wildman–Crippen LogP) is 2.59. The molecule has 6 heteroatoms. The molecule has 0 N–H and O–H groups in total. The van der Waals surface area contributed by atoms with Gasteiger partial charge in [0.1, 0.15) is 5.01 Å². The van der Waals surface area contributed by atoms with Crippen LogP contribution in [0.3, 0.4) is 0 Å². The SMILES string of the molecule is CN1CCC[C@H](c2nn3c(Cc4ccccc4)nnc3s2)C1. The molecule has 0 radical (unpaired) electrons. The van der Waals surface area contributed by atoms with E-state index in [1.165, 1.54) is 30.0 Å². The topological polar surface area (TPSA) is 46.3 Å². The van der Waals surface area contributed by atoms with Crippen molar-refractivity contribution in [2.24, 2.45) is 0 Å². The van der Waals surface area contributed by atoms with Crippen LogP contribution < -0.4 is 0 Å². The molecule has 0 unspecified atom stereocenters. The molecule has 0 aliphatic carbocycles. The number of likely N-dealkylation sites (tertiary alicyclic amines) is 1. The van der Waals surface area contributed by atoms with Crippen LogP contribution in [0.5, 0.6) is 0 Å². The Morgan fingerprint density at radius 2 is 2.09 bits per heavy atom. The summed E-state index contributed by atoms with van der Waals surface area (Å²) in [5, 5.41) is 14.6. The first kappa shape index (κ1) is 13.8. The first-order valence-electron chi connectivity index (χ1n) is 7.73. The maximum Gasteiger partial charge on any atom is 0.234 e. The number of rotatable bonds is 3. The summed E-state index contributed by atoms with van der Waals surface area (Å²) in [5.74, 6) is 1.46. The molecule has 4 rings (SSSR count). The van der Waals surface area contributed by atoms with Crippen molar-refractivity contribution in [3.8, 4) is 0 Å². The summed E-state index contributed by atoms with van der Waals surface area (Å²) in [7, 11) is 2.19. The lowest BCUT2D eigenvalue weighted by molar-refractivity contribution is 0.250. The van der Waals surface area contributed by atoms with Crippen LogP contribution >= 0.6 is 11.3 Å². The first-order valence-corrected chi connectivity index (χ1v) is 8.55. The molecular weight excluding hydrogens is 294 g/mol. The standard InChI is InChI=1S/C16H19N5S/c1-20-9-5-8-13(11-20)15-19-21-14(17-18-16(21)22-15)10-12-6-3-2-4-7-12/h2-4,6-7,13H,5,8-11H2,1H3/t13-/m0/s1. The van der Waals surface area contributed by atoms with Crippen LogP contribution in [0.25, 0.3) is 4.96 Å². The highest BCUT2D eigenvalue weighted by Gasteiger charge is 2.23. The molecule has 114 valence electrons. The number of benzene rings is 1. The number of piperidine rings is 1. The Bertz CT molecular complexity index is 763. The van der Waals surface area contributed by atoms with Crippen molar-refractivity contribution in [3.63, 3.8) is 0 Å². The van der Waals surface area contributed by atoms with E-state index in [4.69, 9.17) is 5.10 Å². The zero-order valence-electron chi connectivity index (χ0n) is 12.6. The van der Waals surface area contributed by atoms with Crippen LogP contribution in [0.1, 0.15) is 35.2 Å². The van der Waals surface area contributed by atoms with Gasteiger partial charge in [-0.15, -0.1) is 10.2 Å². The van der Waals surface area contributed by atoms with E-state index in [0.29, 0.717) is 5.92 Å². The van der Waals surface area contributed by atoms with Gasteiger partial charge in [0.05, 0.1) is 0 Å². The average Bonchev–Trinajstić information content (AvgIpc) is 3.11. The highest BCUT2D eigenvalue weighted by molar-refractivity contribution is 7.16. The molecule has 0 bridgehead atoms. The summed E-state index contributed by atoms with van der Waals surface area (Å²) in [6.07, 6.45) is 3.25. The van der Waals surface area contributed by atoms with Gasteiger partial charge in [-0.25, -0.2) is 0 Å². The number of aromatic nitrogens is 4. The average molecular weight is 313 g/mol. The number of nitrogens with zero attached hydrogens (tertiary/aromatic N) is 5. The second kappa shape index (κ2) is 5.78. The summed E-state index contributed by atoms with van der Waals surface area (Å²) >= 11 is 1.69. The van der Waals surface area contributed by atoms with Gasteiger partial charge in [-0.05, 0) is 32.0 Å². The minimum Gasteiger partial charge on any atom is -0.306 e. The van der Waals surface area contributed by atoms with E-state index in [1.807, 2.05) is 10.6 Å². The summed E-state index contributed by atoms with van der Waals surface area (Å²) < 4.78 is 1.93. The maximum atomic E-state index is 4.81. The fourth-order valence-electron chi connectivity index (χ4n) is 3.09. The van der Waals surface area contributed by atoms with Crippen LogP contribution in [-0.2, 0) is 6.42 Å². The van der Waals surface area contributed by atoms with Gasteiger partial charge in [-0.2, -0.15) is 9.61 Å². The summed E-state index contributed by atoms with van der Waals surface area (Å²) in [6, 6.07) is 10.4. The molecule has 2 aromatic heterocycles. The molecule has 3 heterocycles. The Labute approximate surface area is 133 Å². The molecule has 1 fully saturated rings. The minimum absolute atomic E-state index is 0.537. The predicted molar refractivity (Wildman–Crippen MR) is 87.4 cm³/mol. The number of fused-ring (bicyclic) bond motifs is 1. The molecule has 1 saturated heterocycles. The lowest BCUT2D eigenvalue weighted by Crippen LogP contribution is -2.30. The number of likely N-dealkylation sites (N-methyl/N-ethyl adjacent to an activating group) is 1. The molecule has 1 atom stereocenters. The summed E-state index contributed by atoms with van der Waals surface area (Å²) in [4.78, 5) is 3.30. The third kappa shape index (κ3) is 2.64. The Hall–Kier alpha value is -1.79. The van der Waals surface area contributed by atoms with Gasteiger partial charge >= 0.3 is 0 Å². The van der Waals surface area contributed by atoms with Gasteiger partial charge in [-0.1, -0.05) is 41.7 Å². The summed E-state index contributed by atoms with van der Waals surface area (Å²) in [5.41, 5.74) is 1.24. The van der Waals surface area contributed by atoms with Gasteiger partial charge in [-0.3, -0.25) is 0 Å². The number of hydrogen-bond acceptors (Lipinski definition) is 5. The highest BCUT2D eigenvalue weighted by atomic mass is 32.1. The van der Waals surface area contributed by atoms with Crippen molar-refractivity contribution < 1.29 is 0 Å². The Morgan fingerprint density at radius 3 is 2.91 bits per heavy atom. The molecule has 1 aromatic carbocycles. The largest absolute Gasteiger partial charge is 0.306 e. The van der Waals surface area contributed by atoms with E-state index in [9.17, 15) is 0 Å².